The molecule has 20 heavy (non-hydrogen) atoms. The first kappa shape index (κ1) is 12.7. The molecule has 0 atom stereocenters. The van der Waals surface area contributed by atoms with Crippen LogP contribution in [0, 0.1) is 6.92 Å². The molecule has 0 aliphatic carbocycles. The number of phenolic OH excluding ortho intramolecular Hbond substituents is 1. The molecule has 0 bridgehead atoms. The summed E-state index contributed by atoms with van der Waals surface area (Å²) in [5, 5.41) is 10.4. The Morgan fingerprint density at radius 1 is 1.15 bits per heavy atom. The minimum atomic E-state index is -0.158. The minimum absolute atomic E-state index is 0.153. The van der Waals surface area contributed by atoms with E-state index in [2.05, 4.69) is 4.98 Å². The number of halogens is 1. The zero-order chi connectivity index (χ0) is 14.3. The molecule has 0 saturated carbocycles. The van der Waals surface area contributed by atoms with E-state index in [1.807, 2.05) is 0 Å². The quantitative estimate of drug-likeness (QED) is 0.748. The van der Waals surface area contributed by atoms with Crippen LogP contribution in [0.25, 0.3) is 16.6 Å². The van der Waals surface area contributed by atoms with Crippen LogP contribution in [-0.4, -0.2) is 14.7 Å². The zero-order valence-corrected chi connectivity index (χ0v) is 11.4. The molecule has 5 heteroatoms. The highest BCUT2D eigenvalue weighted by atomic mass is 35.5. The summed E-state index contributed by atoms with van der Waals surface area (Å²) in [4.78, 5) is 17.0. The van der Waals surface area contributed by atoms with Crippen LogP contribution < -0.4 is 5.56 Å². The molecule has 0 spiro atoms. The summed E-state index contributed by atoms with van der Waals surface area (Å²) in [5.41, 5.74) is 1.08. The Morgan fingerprint density at radius 3 is 2.55 bits per heavy atom. The normalized spacial score (nSPS) is 10.9. The molecule has 0 amide bonds. The first-order valence-corrected chi connectivity index (χ1v) is 6.42. The van der Waals surface area contributed by atoms with Crippen molar-refractivity contribution in [3.05, 3.63) is 63.7 Å². The van der Waals surface area contributed by atoms with Crippen molar-refractivity contribution in [2.75, 3.05) is 0 Å². The van der Waals surface area contributed by atoms with Gasteiger partial charge >= 0.3 is 0 Å². The van der Waals surface area contributed by atoms with E-state index in [1.54, 1.807) is 37.3 Å². The molecule has 0 unspecified atom stereocenters. The van der Waals surface area contributed by atoms with Gasteiger partial charge in [-0.25, -0.2) is 4.98 Å². The maximum atomic E-state index is 12.6. The lowest BCUT2D eigenvalue weighted by Gasteiger charge is -2.11. The minimum Gasteiger partial charge on any atom is -0.508 e. The van der Waals surface area contributed by atoms with E-state index in [-0.39, 0.29) is 11.3 Å². The van der Waals surface area contributed by atoms with Crippen LogP contribution in [0.5, 0.6) is 5.75 Å². The topological polar surface area (TPSA) is 55.1 Å². The van der Waals surface area contributed by atoms with Crippen LogP contribution in [-0.2, 0) is 0 Å². The molecule has 0 radical (unpaired) electrons. The Balaban J connectivity index is 2.34. The van der Waals surface area contributed by atoms with Crippen LogP contribution in [0.1, 0.15) is 5.82 Å². The van der Waals surface area contributed by atoms with Crippen LogP contribution in [0.15, 0.2) is 47.3 Å². The number of hydrogen-bond donors (Lipinski definition) is 1. The Hall–Kier alpha value is -2.33. The van der Waals surface area contributed by atoms with Crippen molar-refractivity contribution in [3.63, 3.8) is 0 Å². The van der Waals surface area contributed by atoms with E-state index in [1.165, 1.54) is 16.7 Å². The summed E-state index contributed by atoms with van der Waals surface area (Å²) in [7, 11) is 0. The van der Waals surface area contributed by atoms with E-state index >= 15 is 0 Å². The summed E-state index contributed by atoms with van der Waals surface area (Å²) < 4.78 is 1.51. The second kappa shape index (κ2) is 4.65. The molecular weight excluding hydrogens is 276 g/mol. The fraction of sp³-hybridized carbons (Fsp3) is 0.0667. The third kappa shape index (κ3) is 2.04. The van der Waals surface area contributed by atoms with Crippen molar-refractivity contribution in [2.45, 2.75) is 6.92 Å². The van der Waals surface area contributed by atoms with Crippen molar-refractivity contribution in [2.24, 2.45) is 0 Å². The van der Waals surface area contributed by atoms with Crippen molar-refractivity contribution in [1.29, 1.82) is 0 Å². The van der Waals surface area contributed by atoms with Gasteiger partial charge in [-0.1, -0.05) is 11.6 Å². The van der Waals surface area contributed by atoms with Gasteiger partial charge in [0.25, 0.3) is 5.56 Å². The predicted octanol–water partition coefficient (Wildman–Crippen LogP) is 3.05. The number of aromatic hydroxyl groups is 1. The Kier molecular flexibility index (Phi) is 2.95. The third-order valence-electron chi connectivity index (χ3n) is 3.11. The van der Waals surface area contributed by atoms with Gasteiger partial charge in [-0.15, -0.1) is 0 Å². The average molecular weight is 287 g/mol. The van der Waals surface area contributed by atoms with Gasteiger partial charge in [0.1, 0.15) is 11.6 Å². The number of aryl methyl sites for hydroxylation is 1. The standard InChI is InChI=1S/C15H11ClN2O2/c1-9-17-14-8-10(16)2-7-13(14)15(20)18(9)11-3-5-12(19)6-4-11/h2-8,19H,1H3. The molecule has 0 saturated heterocycles. The van der Waals surface area contributed by atoms with Crippen LogP contribution in [0.2, 0.25) is 5.02 Å². The lowest BCUT2D eigenvalue weighted by molar-refractivity contribution is 0.475. The molecule has 3 rings (SSSR count). The molecule has 100 valence electrons. The fourth-order valence-corrected chi connectivity index (χ4v) is 2.34. The number of phenols is 1. The van der Waals surface area contributed by atoms with Crippen LogP contribution in [0.4, 0.5) is 0 Å². The first-order valence-electron chi connectivity index (χ1n) is 6.04. The first-order chi connectivity index (χ1) is 9.56. The van der Waals surface area contributed by atoms with Gasteiger partial charge in [0.05, 0.1) is 16.6 Å². The van der Waals surface area contributed by atoms with Gasteiger partial charge in [0.15, 0.2) is 0 Å². The summed E-state index contributed by atoms with van der Waals surface area (Å²) in [6.07, 6.45) is 0. The Labute approximate surface area is 119 Å². The SMILES string of the molecule is Cc1nc2cc(Cl)ccc2c(=O)n1-c1ccc(O)cc1. The smallest absolute Gasteiger partial charge is 0.265 e. The molecule has 1 N–H and O–H groups in total. The number of rotatable bonds is 1. The van der Waals surface area contributed by atoms with Gasteiger partial charge in [-0.2, -0.15) is 0 Å². The van der Waals surface area contributed by atoms with Gasteiger partial charge < -0.3 is 5.11 Å². The molecule has 0 aliphatic heterocycles. The van der Waals surface area contributed by atoms with Gasteiger partial charge in [-0.3, -0.25) is 9.36 Å². The van der Waals surface area contributed by atoms with E-state index in [9.17, 15) is 9.90 Å². The van der Waals surface area contributed by atoms with Crippen molar-refractivity contribution >= 4 is 22.5 Å². The van der Waals surface area contributed by atoms with E-state index in [0.29, 0.717) is 27.4 Å². The second-order valence-corrected chi connectivity index (χ2v) is 4.91. The summed E-state index contributed by atoms with van der Waals surface area (Å²) >= 11 is 5.92. The molecular formula is C15H11ClN2O2. The Morgan fingerprint density at radius 2 is 1.85 bits per heavy atom. The van der Waals surface area contributed by atoms with Crippen LogP contribution >= 0.6 is 11.6 Å². The maximum Gasteiger partial charge on any atom is 0.265 e. The zero-order valence-electron chi connectivity index (χ0n) is 10.7. The maximum absolute atomic E-state index is 12.6. The summed E-state index contributed by atoms with van der Waals surface area (Å²) in [6, 6.07) is 11.4. The lowest BCUT2D eigenvalue weighted by atomic mass is 10.2. The molecule has 2 aromatic carbocycles. The molecule has 1 heterocycles. The highest BCUT2D eigenvalue weighted by molar-refractivity contribution is 6.31. The number of benzene rings is 2. The fourth-order valence-electron chi connectivity index (χ4n) is 2.18. The molecule has 4 nitrogen and oxygen atoms in total. The van der Waals surface area contributed by atoms with E-state index < -0.39 is 0 Å². The van der Waals surface area contributed by atoms with Gasteiger partial charge in [0.2, 0.25) is 0 Å². The van der Waals surface area contributed by atoms with Gasteiger partial charge in [-0.05, 0) is 49.4 Å². The number of fused-ring (bicyclic) bond motifs is 1. The van der Waals surface area contributed by atoms with E-state index in [4.69, 9.17) is 11.6 Å². The summed E-state index contributed by atoms with van der Waals surface area (Å²) in [5.74, 6) is 0.718. The molecule has 3 aromatic rings. The van der Waals surface area contributed by atoms with Crippen molar-refractivity contribution < 1.29 is 5.11 Å². The Bertz CT molecular complexity index is 854. The average Bonchev–Trinajstić information content (AvgIpc) is 2.40. The van der Waals surface area contributed by atoms with E-state index in [0.717, 1.165) is 0 Å². The third-order valence-corrected chi connectivity index (χ3v) is 3.34. The predicted molar refractivity (Wildman–Crippen MR) is 78.8 cm³/mol. The van der Waals surface area contributed by atoms with Crippen LogP contribution in [0.3, 0.4) is 0 Å². The molecule has 1 aromatic heterocycles. The highest BCUT2D eigenvalue weighted by Crippen LogP contribution is 2.18. The number of hydrogen-bond acceptors (Lipinski definition) is 3. The molecule has 0 fully saturated rings. The largest absolute Gasteiger partial charge is 0.508 e. The van der Waals surface area contributed by atoms with Crippen molar-refractivity contribution in [3.8, 4) is 11.4 Å². The van der Waals surface area contributed by atoms with Crippen molar-refractivity contribution in [1.82, 2.24) is 9.55 Å². The highest BCUT2D eigenvalue weighted by Gasteiger charge is 2.10. The second-order valence-electron chi connectivity index (χ2n) is 4.48. The lowest BCUT2D eigenvalue weighted by Crippen LogP contribution is -2.22. The number of aromatic nitrogens is 2. The summed E-state index contributed by atoms with van der Waals surface area (Å²) in [6.45, 7) is 1.76. The monoisotopic (exact) mass is 286 g/mol. The van der Waals surface area contributed by atoms with Gasteiger partial charge in [0, 0.05) is 5.02 Å². The number of nitrogens with zero attached hydrogens (tertiary/aromatic N) is 2. The molecule has 0 aliphatic rings.